The normalized spacial score (nSPS) is 10.1. The van der Waals surface area contributed by atoms with Gasteiger partial charge >= 0.3 is 59.1 Å². The maximum Gasteiger partial charge on any atom is 1.00 e. The molecule has 0 atom stereocenters. The molecule has 0 saturated carbocycles. The van der Waals surface area contributed by atoms with Crippen LogP contribution in [0, 0.1) is 0 Å². The summed E-state index contributed by atoms with van der Waals surface area (Å²) in [5, 5.41) is 0. The fraction of sp³-hybridized carbons (Fsp3) is 0.235. The van der Waals surface area contributed by atoms with E-state index in [2.05, 4.69) is 4.52 Å². The maximum absolute atomic E-state index is 12.8. The van der Waals surface area contributed by atoms with Gasteiger partial charge < -0.3 is 37.8 Å². The van der Waals surface area contributed by atoms with Crippen LogP contribution in [-0.2, 0) is 4.57 Å². The monoisotopic (exact) mass is 442 g/mol. The van der Waals surface area contributed by atoms with Gasteiger partial charge in [0.05, 0.1) is 28.4 Å². The Labute approximate surface area is 212 Å². The number of phosphoric acid groups is 1. The van der Waals surface area contributed by atoms with Gasteiger partial charge in [0.25, 0.3) is 0 Å². The molecule has 0 aromatic heterocycles. The molecule has 0 radical (unpaired) electrons. The molecule has 0 amide bonds. The zero-order valence-corrected chi connectivity index (χ0v) is 21.9. The van der Waals surface area contributed by atoms with E-state index in [1.165, 1.54) is 52.7 Å². The van der Waals surface area contributed by atoms with Crippen molar-refractivity contribution in [1.29, 1.82) is 0 Å². The number of ketones is 1. The van der Waals surface area contributed by atoms with Gasteiger partial charge in [-0.05, 0) is 30.3 Å². The Kier molecular flexibility index (Phi) is 11.9. The standard InChI is InChI=1S/C17H19O9P.2Na/c1-22-12-6-5-10(7-13(12)26-27(19,20)21)16(18)11-8-14(23-2)17(25-4)15(9-11)24-3;;/h5-9H,1-4H3,(H2,19,20,21);;/q;2*+1/p-2. The summed E-state index contributed by atoms with van der Waals surface area (Å²) in [4.78, 5) is 34.7. The summed E-state index contributed by atoms with van der Waals surface area (Å²) in [6.45, 7) is 0. The van der Waals surface area contributed by atoms with Crippen LogP contribution in [0.25, 0.3) is 0 Å². The molecule has 2 rings (SSSR count). The van der Waals surface area contributed by atoms with E-state index in [9.17, 15) is 19.1 Å². The molecule has 2 aromatic rings. The van der Waals surface area contributed by atoms with Crippen molar-refractivity contribution in [2.45, 2.75) is 0 Å². The second kappa shape index (κ2) is 12.2. The summed E-state index contributed by atoms with van der Waals surface area (Å²) >= 11 is 0. The van der Waals surface area contributed by atoms with Crippen molar-refractivity contribution < 1.29 is 102 Å². The summed E-state index contributed by atoms with van der Waals surface area (Å²) in [5.41, 5.74) is 0.251. The van der Waals surface area contributed by atoms with Crippen molar-refractivity contribution in [3.8, 4) is 28.7 Å². The van der Waals surface area contributed by atoms with Crippen LogP contribution in [0.15, 0.2) is 30.3 Å². The minimum absolute atomic E-state index is 0. The zero-order valence-electron chi connectivity index (χ0n) is 17.0. The Morgan fingerprint density at radius 3 is 1.66 bits per heavy atom. The van der Waals surface area contributed by atoms with Crippen molar-refractivity contribution in [3.05, 3.63) is 41.5 Å². The van der Waals surface area contributed by atoms with Crippen molar-refractivity contribution in [2.24, 2.45) is 0 Å². The second-order valence-corrected chi connectivity index (χ2v) is 6.22. The number of ether oxygens (including phenoxy) is 4. The van der Waals surface area contributed by atoms with Gasteiger partial charge in [0.15, 0.2) is 28.8 Å². The Balaban J connectivity index is 0.00000392. The molecule has 12 heteroatoms. The van der Waals surface area contributed by atoms with E-state index >= 15 is 0 Å². The molecule has 0 heterocycles. The molecule has 0 aliphatic carbocycles. The fourth-order valence-corrected chi connectivity index (χ4v) is 2.77. The van der Waals surface area contributed by atoms with E-state index in [1.54, 1.807) is 0 Å². The quantitative estimate of drug-likeness (QED) is 0.225. The van der Waals surface area contributed by atoms with E-state index in [0.29, 0.717) is 5.75 Å². The summed E-state index contributed by atoms with van der Waals surface area (Å²) in [6.07, 6.45) is 0. The van der Waals surface area contributed by atoms with Crippen LogP contribution in [0.3, 0.4) is 0 Å². The molecule has 0 unspecified atom stereocenters. The maximum atomic E-state index is 12.8. The van der Waals surface area contributed by atoms with Crippen molar-refractivity contribution in [1.82, 2.24) is 0 Å². The Morgan fingerprint density at radius 1 is 0.759 bits per heavy atom. The first kappa shape index (κ1) is 28.3. The average molecular weight is 442 g/mol. The van der Waals surface area contributed by atoms with E-state index in [1.807, 2.05) is 0 Å². The molecule has 146 valence electrons. The molecular formula is C17H17Na2O9P. The van der Waals surface area contributed by atoms with Gasteiger partial charge in [-0.25, -0.2) is 0 Å². The molecule has 0 saturated heterocycles. The Hall–Kier alpha value is -0.740. The Morgan fingerprint density at radius 2 is 1.24 bits per heavy atom. The number of benzene rings is 2. The van der Waals surface area contributed by atoms with Crippen LogP contribution in [0.1, 0.15) is 15.9 Å². The topological polar surface area (TPSA) is 126 Å². The zero-order chi connectivity index (χ0) is 20.2. The molecular weight excluding hydrogens is 425 g/mol. The molecule has 0 N–H and O–H groups in total. The number of phosphoric ester groups is 1. The minimum Gasteiger partial charge on any atom is -0.780 e. The third kappa shape index (κ3) is 7.17. The minimum atomic E-state index is -5.33. The van der Waals surface area contributed by atoms with Crippen molar-refractivity contribution >= 4 is 13.6 Å². The summed E-state index contributed by atoms with van der Waals surface area (Å²) in [7, 11) is 0.179. The molecule has 0 spiro atoms. The number of hydrogen-bond acceptors (Lipinski definition) is 9. The SMILES string of the molecule is COc1ccc(C(=O)c2cc(OC)c(OC)c(OC)c2)cc1OP(=O)([O-])[O-].[Na+].[Na+]. The van der Waals surface area contributed by atoms with Crippen LogP contribution in [0.4, 0.5) is 0 Å². The number of carbonyl (C=O) groups excluding carboxylic acids is 1. The molecule has 0 aliphatic rings. The smallest absolute Gasteiger partial charge is 0.780 e. The molecule has 29 heavy (non-hydrogen) atoms. The van der Waals surface area contributed by atoms with Gasteiger partial charge in [0.2, 0.25) is 5.75 Å². The largest absolute Gasteiger partial charge is 1.00 e. The number of carbonyl (C=O) groups is 1. The molecule has 0 fully saturated rings. The molecule has 0 aliphatic heterocycles. The van der Waals surface area contributed by atoms with E-state index in [-0.39, 0.29) is 93.2 Å². The molecule has 9 nitrogen and oxygen atoms in total. The molecule has 2 aromatic carbocycles. The van der Waals surface area contributed by atoms with E-state index in [0.717, 1.165) is 6.07 Å². The second-order valence-electron chi connectivity index (χ2n) is 5.15. The third-order valence-electron chi connectivity index (χ3n) is 3.56. The van der Waals surface area contributed by atoms with Gasteiger partial charge in [-0.15, -0.1) is 0 Å². The third-order valence-corrected chi connectivity index (χ3v) is 3.98. The number of rotatable bonds is 8. The van der Waals surface area contributed by atoms with Gasteiger partial charge in [0, 0.05) is 11.1 Å². The van der Waals surface area contributed by atoms with E-state index < -0.39 is 13.6 Å². The first-order valence-corrected chi connectivity index (χ1v) is 8.94. The first-order chi connectivity index (χ1) is 12.7. The number of hydrogen-bond donors (Lipinski definition) is 0. The fourth-order valence-electron chi connectivity index (χ4n) is 2.39. The van der Waals surface area contributed by atoms with Crippen molar-refractivity contribution in [3.63, 3.8) is 0 Å². The van der Waals surface area contributed by atoms with Gasteiger partial charge in [-0.3, -0.25) is 4.79 Å². The van der Waals surface area contributed by atoms with Crippen LogP contribution < -0.4 is 92.4 Å². The molecule has 0 bridgehead atoms. The van der Waals surface area contributed by atoms with Crippen LogP contribution in [0.2, 0.25) is 0 Å². The predicted molar refractivity (Wildman–Crippen MR) is 90.8 cm³/mol. The Bertz CT molecular complexity index is 873. The summed E-state index contributed by atoms with van der Waals surface area (Å²) in [6, 6.07) is 6.71. The van der Waals surface area contributed by atoms with Crippen molar-refractivity contribution in [2.75, 3.05) is 28.4 Å². The summed E-state index contributed by atoms with van der Waals surface area (Å²) in [5.74, 6) is -0.0302. The summed E-state index contributed by atoms with van der Waals surface area (Å²) < 4.78 is 35.9. The van der Waals surface area contributed by atoms with E-state index in [4.69, 9.17) is 18.9 Å². The van der Waals surface area contributed by atoms with Crippen LogP contribution >= 0.6 is 7.82 Å². The van der Waals surface area contributed by atoms with Gasteiger partial charge in [-0.1, -0.05) is 0 Å². The van der Waals surface area contributed by atoms with Crippen LogP contribution in [0.5, 0.6) is 28.7 Å². The van der Waals surface area contributed by atoms with Crippen LogP contribution in [-0.4, -0.2) is 34.2 Å². The first-order valence-electron chi connectivity index (χ1n) is 7.48. The van der Waals surface area contributed by atoms with Gasteiger partial charge in [0.1, 0.15) is 7.82 Å². The predicted octanol–water partition coefficient (Wildman–Crippen LogP) is -4.83. The number of methoxy groups -OCH3 is 4. The van der Waals surface area contributed by atoms with Gasteiger partial charge in [-0.2, -0.15) is 0 Å². The average Bonchev–Trinajstić information content (AvgIpc) is 2.64.